The van der Waals surface area contributed by atoms with Crippen molar-refractivity contribution in [1.29, 1.82) is 0 Å². The molecule has 4 atom stereocenters. The van der Waals surface area contributed by atoms with Crippen LogP contribution >= 0.6 is 0 Å². The average molecular weight is 415 g/mol. The van der Waals surface area contributed by atoms with E-state index in [1.807, 2.05) is 30.4 Å². The summed E-state index contributed by atoms with van der Waals surface area (Å²) in [6, 6.07) is 8.01. The van der Waals surface area contributed by atoms with Gasteiger partial charge in [-0.1, -0.05) is 82.2 Å². The number of carbonyl (C=O) groups is 1. The Kier molecular flexibility index (Phi) is 9.32. The minimum atomic E-state index is -0.768. The molecule has 1 aromatic carbocycles. The van der Waals surface area contributed by atoms with E-state index < -0.39 is 18.2 Å². The van der Waals surface area contributed by atoms with Gasteiger partial charge in [0.25, 0.3) is 0 Å². The van der Waals surface area contributed by atoms with Crippen molar-refractivity contribution in [3.63, 3.8) is 0 Å². The molecule has 2 unspecified atom stereocenters. The summed E-state index contributed by atoms with van der Waals surface area (Å²) in [5.74, 6) is -0.701. The third-order valence-corrected chi connectivity index (χ3v) is 6.35. The molecule has 0 radical (unpaired) electrons. The number of allylic oxidation sites excluding steroid dienone is 3. The van der Waals surface area contributed by atoms with Crippen molar-refractivity contribution >= 4 is 5.97 Å². The molecule has 2 rings (SSSR count). The first-order valence-corrected chi connectivity index (χ1v) is 11.3. The van der Waals surface area contributed by atoms with Gasteiger partial charge in [0.05, 0.1) is 12.2 Å². The predicted molar refractivity (Wildman–Crippen MR) is 121 cm³/mol. The molecule has 0 spiro atoms. The van der Waals surface area contributed by atoms with E-state index in [0.717, 1.165) is 36.8 Å². The van der Waals surface area contributed by atoms with Gasteiger partial charge in [0.1, 0.15) is 0 Å². The fourth-order valence-electron chi connectivity index (χ4n) is 4.27. The molecule has 1 aliphatic rings. The minimum absolute atomic E-state index is 0.0142. The molecule has 4 nitrogen and oxygen atoms in total. The van der Waals surface area contributed by atoms with Gasteiger partial charge < -0.3 is 15.3 Å². The highest BCUT2D eigenvalue weighted by Crippen LogP contribution is 2.48. The molecule has 4 heteroatoms. The summed E-state index contributed by atoms with van der Waals surface area (Å²) in [5, 5.41) is 30.4. The van der Waals surface area contributed by atoms with E-state index in [1.54, 1.807) is 0 Å². The number of unbranched alkanes of at least 4 members (excludes halogenated alkanes) is 2. The summed E-state index contributed by atoms with van der Waals surface area (Å²) >= 11 is 0. The molecule has 3 N–H and O–H groups in total. The minimum Gasteiger partial charge on any atom is -0.481 e. The van der Waals surface area contributed by atoms with Crippen LogP contribution in [0.4, 0.5) is 0 Å². The number of carboxylic acid groups (broad SMARTS) is 1. The molecule has 0 aliphatic heterocycles. The van der Waals surface area contributed by atoms with Crippen LogP contribution in [0.15, 0.2) is 48.6 Å². The number of hydrogen-bond donors (Lipinski definition) is 3. The fourth-order valence-corrected chi connectivity index (χ4v) is 4.27. The van der Waals surface area contributed by atoms with Gasteiger partial charge in [-0.15, -0.1) is 0 Å². The van der Waals surface area contributed by atoms with Gasteiger partial charge in [-0.2, -0.15) is 0 Å². The average Bonchev–Trinajstić information content (AvgIpc) is 2.98. The van der Waals surface area contributed by atoms with Crippen LogP contribution in [0.1, 0.15) is 88.9 Å². The third-order valence-electron chi connectivity index (χ3n) is 6.35. The number of hydrogen-bond acceptors (Lipinski definition) is 3. The maximum absolute atomic E-state index is 10.9. The van der Waals surface area contributed by atoms with E-state index in [2.05, 4.69) is 39.0 Å². The number of benzene rings is 1. The molecule has 166 valence electrons. The van der Waals surface area contributed by atoms with Crippen LogP contribution in [0.25, 0.3) is 0 Å². The highest BCUT2D eigenvalue weighted by Gasteiger charge is 2.37. The van der Waals surface area contributed by atoms with Crippen LogP contribution in [-0.4, -0.2) is 27.4 Å². The summed E-state index contributed by atoms with van der Waals surface area (Å²) in [5.41, 5.74) is 1.92. The van der Waals surface area contributed by atoms with E-state index in [9.17, 15) is 15.0 Å². The number of aliphatic hydroxyl groups is 2. The highest BCUT2D eigenvalue weighted by molar-refractivity contribution is 5.66. The first-order chi connectivity index (χ1) is 14.3. The number of rotatable bonds is 12. The molecule has 0 bridgehead atoms. The van der Waals surface area contributed by atoms with Gasteiger partial charge in [-0.05, 0) is 42.2 Å². The quantitative estimate of drug-likeness (QED) is 0.300. The second kappa shape index (κ2) is 11.5. The summed E-state index contributed by atoms with van der Waals surface area (Å²) in [6.45, 7) is 6.37. The maximum atomic E-state index is 10.9. The first kappa shape index (κ1) is 24.4. The first-order valence-electron chi connectivity index (χ1n) is 11.3. The largest absolute Gasteiger partial charge is 0.481 e. The van der Waals surface area contributed by atoms with Crippen LogP contribution in [0.5, 0.6) is 0 Å². The van der Waals surface area contributed by atoms with E-state index in [4.69, 9.17) is 5.11 Å². The summed E-state index contributed by atoms with van der Waals surface area (Å²) in [4.78, 5) is 10.6. The van der Waals surface area contributed by atoms with Gasteiger partial charge in [-0.25, -0.2) is 0 Å². The molecule has 0 fully saturated rings. The molecule has 1 aromatic rings. The Labute approximate surface area is 181 Å². The van der Waals surface area contributed by atoms with Crippen molar-refractivity contribution in [2.75, 3.05) is 0 Å². The summed E-state index contributed by atoms with van der Waals surface area (Å²) in [7, 11) is 0. The Bertz CT molecular complexity index is 734. The summed E-state index contributed by atoms with van der Waals surface area (Å²) < 4.78 is 0. The third kappa shape index (κ3) is 6.55. The molecular formula is C26H38O4. The second-order valence-corrected chi connectivity index (χ2v) is 9.18. The number of carboxylic acids is 1. The number of fused-ring (bicyclic) bond motifs is 1. The zero-order chi connectivity index (χ0) is 22.1. The number of aliphatic carboxylic acids is 1. The standard InChI is InChI=1S/C26H38O4/c1-4-5-18-26(2,3)23(27)17-16-20-19-12-10-11-14-21(19)25(30)22(20)13-8-6-7-9-15-24(28)29/h6,8,10-12,14,16-17,20,22-23,25,27,30H,4-5,7,9,13,15,18H2,1-3H3,(H,28,29)/b8-6-,17-16?/t20?,22-,23?,25-/m1/s1. The molecule has 0 amide bonds. The monoisotopic (exact) mass is 414 g/mol. The normalized spacial score (nSPS) is 22.6. The number of aliphatic hydroxyl groups excluding tert-OH is 2. The van der Waals surface area contributed by atoms with Crippen molar-refractivity contribution in [2.45, 2.75) is 83.8 Å². The van der Waals surface area contributed by atoms with E-state index in [1.165, 1.54) is 0 Å². The molecule has 0 saturated carbocycles. The Morgan fingerprint density at radius 1 is 1.17 bits per heavy atom. The molecule has 1 aliphatic carbocycles. The predicted octanol–water partition coefficient (Wildman–Crippen LogP) is 5.77. The van der Waals surface area contributed by atoms with Crippen molar-refractivity contribution < 1.29 is 20.1 Å². The van der Waals surface area contributed by atoms with Crippen molar-refractivity contribution in [2.24, 2.45) is 11.3 Å². The molecule has 0 saturated heterocycles. The highest BCUT2D eigenvalue weighted by atomic mass is 16.4. The Hall–Kier alpha value is -1.91. The Morgan fingerprint density at radius 3 is 2.53 bits per heavy atom. The summed E-state index contributed by atoms with van der Waals surface area (Å²) in [6.07, 6.45) is 12.4. The lowest BCUT2D eigenvalue weighted by Crippen LogP contribution is -2.27. The van der Waals surface area contributed by atoms with E-state index in [0.29, 0.717) is 12.8 Å². The van der Waals surface area contributed by atoms with Crippen molar-refractivity contribution in [1.82, 2.24) is 0 Å². The second-order valence-electron chi connectivity index (χ2n) is 9.18. The Morgan fingerprint density at radius 2 is 1.87 bits per heavy atom. The zero-order valence-corrected chi connectivity index (χ0v) is 18.6. The van der Waals surface area contributed by atoms with E-state index in [-0.39, 0.29) is 23.7 Å². The topological polar surface area (TPSA) is 77.8 Å². The van der Waals surface area contributed by atoms with Crippen LogP contribution < -0.4 is 0 Å². The molecule has 30 heavy (non-hydrogen) atoms. The van der Waals surface area contributed by atoms with E-state index >= 15 is 0 Å². The lowest BCUT2D eigenvalue weighted by molar-refractivity contribution is -0.137. The zero-order valence-electron chi connectivity index (χ0n) is 18.6. The fraction of sp³-hybridized carbons (Fsp3) is 0.577. The Balaban J connectivity index is 2.10. The molecule has 0 heterocycles. The van der Waals surface area contributed by atoms with Crippen LogP contribution in [-0.2, 0) is 4.79 Å². The van der Waals surface area contributed by atoms with Crippen LogP contribution in [0, 0.1) is 11.3 Å². The van der Waals surface area contributed by atoms with Crippen molar-refractivity contribution in [3.05, 3.63) is 59.7 Å². The van der Waals surface area contributed by atoms with Crippen LogP contribution in [0.2, 0.25) is 0 Å². The maximum Gasteiger partial charge on any atom is 0.303 e. The lowest BCUT2D eigenvalue weighted by atomic mass is 9.80. The van der Waals surface area contributed by atoms with Crippen molar-refractivity contribution in [3.8, 4) is 0 Å². The van der Waals surface area contributed by atoms with Crippen LogP contribution in [0.3, 0.4) is 0 Å². The molecule has 0 aromatic heterocycles. The van der Waals surface area contributed by atoms with Gasteiger partial charge in [0, 0.05) is 18.3 Å². The lowest BCUT2D eigenvalue weighted by Gasteiger charge is -2.29. The van der Waals surface area contributed by atoms with Gasteiger partial charge >= 0.3 is 5.97 Å². The smallest absolute Gasteiger partial charge is 0.303 e. The SMILES string of the molecule is CCCCC(C)(C)C(O)C=CC1c2ccccc2[C@@H](O)[C@@H]1C/C=C\CCCC(=O)O. The van der Waals surface area contributed by atoms with Gasteiger partial charge in [0.15, 0.2) is 0 Å². The van der Waals surface area contributed by atoms with Gasteiger partial charge in [0.2, 0.25) is 0 Å². The molecular weight excluding hydrogens is 376 g/mol. The van der Waals surface area contributed by atoms with Gasteiger partial charge in [-0.3, -0.25) is 4.79 Å².